The zero-order valence-corrected chi connectivity index (χ0v) is 12.1. The number of nitrogens with zero attached hydrogens (tertiary/aromatic N) is 1. The molecule has 0 amide bonds. The molecule has 1 aromatic heterocycles. The van der Waals surface area contributed by atoms with Crippen LogP contribution in [0.25, 0.3) is 22.0 Å². The average molecular weight is 293 g/mol. The van der Waals surface area contributed by atoms with E-state index in [4.69, 9.17) is 0 Å². The maximum absolute atomic E-state index is 11.9. The van der Waals surface area contributed by atoms with E-state index in [1.807, 2.05) is 37.3 Å². The number of rotatable bonds is 3. The van der Waals surface area contributed by atoms with Crippen LogP contribution in [0.4, 0.5) is 0 Å². The third-order valence-corrected chi connectivity index (χ3v) is 3.73. The molecule has 1 N–H and O–H groups in total. The summed E-state index contributed by atoms with van der Waals surface area (Å²) in [5.74, 6) is -0.914. The lowest BCUT2D eigenvalue weighted by Crippen LogP contribution is -2.06. The van der Waals surface area contributed by atoms with Gasteiger partial charge in [0.25, 0.3) is 0 Å². The zero-order valence-electron chi connectivity index (χ0n) is 12.1. The summed E-state index contributed by atoms with van der Waals surface area (Å²) in [6.07, 6.45) is 2.19. The van der Waals surface area contributed by atoms with Gasteiger partial charge in [-0.05, 0) is 35.4 Å². The average Bonchev–Trinajstić information content (AvgIpc) is 2.97. The molecule has 0 radical (unpaired) electrons. The second-order valence-electron chi connectivity index (χ2n) is 5.06. The molecule has 0 spiro atoms. The molecule has 110 valence electrons. The topological polar surface area (TPSA) is 59.3 Å². The lowest BCUT2D eigenvalue weighted by molar-refractivity contribution is 0.0697. The van der Waals surface area contributed by atoms with E-state index in [0.29, 0.717) is 12.0 Å². The van der Waals surface area contributed by atoms with E-state index in [1.54, 1.807) is 29.0 Å². The molecular weight excluding hydrogens is 278 g/mol. The third kappa shape index (κ3) is 2.29. The van der Waals surface area contributed by atoms with Crippen LogP contribution in [0, 0.1) is 0 Å². The summed E-state index contributed by atoms with van der Waals surface area (Å²) in [5, 5.41) is 10.2. The molecule has 4 heteroatoms. The van der Waals surface area contributed by atoms with Crippen molar-refractivity contribution in [3.8, 4) is 11.1 Å². The maximum atomic E-state index is 11.9. The first-order valence-corrected chi connectivity index (χ1v) is 7.09. The van der Waals surface area contributed by atoms with Gasteiger partial charge in [0, 0.05) is 18.0 Å². The number of carbonyl (C=O) groups is 2. The van der Waals surface area contributed by atoms with Gasteiger partial charge in [-0.15, -0.1) is 0 Å². The molecule has 0 aliphatic heterocycles. The molecule has 0 saturated heterocycles. The number of aromatic carboxylic acids is 1. The highest BCUT2D eigenvalue weighted by atomic mass is 16.4. The minimum atomic E-state index is -0.950. The molecule has 0 bridgehead atoms. The van der Waals surface area contributed by atoms with Crippen molar-refractivity contribution >= 4 is 22.8 Å². The van der Waals surface area contributed by atoms with E-state index >= 15 is 0 Å². The van der Waals surface area contributed by atoms with E-state index in [9.17, 15) is 14.7 Å². The number of benzene rings is 2. The number of carboxylic acid groups (broad SMARTS) is 1. The third-order valence-electron chi connectivity index (χ3n) is 3.73. The molecule has 3 aromatic rings. The fourth-order valence-electron chi connectivity index (χ4n) is 2.62. The van der Waals surface area contributed by atoms with Crippen molar-refractivity contribution in [3.63, 3.8) is 0 Å². The molecular formula is C18H15NO3. The first kappa shape index (κ1) is 14.1. The van der Waals surface area contributed by atoms with Crippen LogP contribution in [-0.2, 0) is 0 Å². The molecule has 0 aliphatic carbocycles. The van der Waals surface area contributed by atoms with Crippen molar-refractivity contribution in [2.24, 2.45) is 0 Å². The fraction of sp³-hybridized carbons (Fsp3) is 0.111. The van der Waals surface area contributed by atoms with Gasteiger partial charge >= 0.3 is 5.97 Å². The molecule has 2 aromatic carbocycles. The van der Waals surface area contributed by atoms with Crippen LogP contribution < -0.4 is 0 Å². The summed E-state index contributed by atoms with van der Waals surface area (Å²) in [7, 11) is 0. The molecule has 0 fully saturated rings. The Labute approximate surface area is 127 Å². The highest BCUT2D eigenvalue weighted by Gasteiger charge is 2.12. The Morgan fingerprint density at radius 1 is 1.09 bits per heavy atom. The molecule has 0 aliphatic rings. The highest BCUT2D eigenvalue weighted by Crippen LogP contribution is 2.28. The Morgan fingerprint density at radius 3 is 2.59 bits per heavy atom. The lowest BCUT2D eigenvalue weighted by atomic mass is 9.99. The summed E-state index contributed by atoms with van der Waals surface area (Å²) >= 11 is 0. The maximum Gasteiger partial charge on any atom is 0.336 e. The summed E-state index contributed by atoms with van der Waals surface area (Å²) in [5.41, 5.74) is 2.60. The van der Waals surface area contributed by atoms with Crippen LogP contribution in [0.15, 0.2) is 54.7 Å². The normalized spacial score (nSPS) is 10.8. The van der Waals surface area contributed by atoms with Crippen LogP contribution in [0.5, 0.6) is 0 Å². The molecule has 0 saturated carbocycles. The number of hydrogen-bond donors (Lipinski definition) is 1. The van der Waals surface area contributed by atoms with Crippen LogP contribution in [-0.4, -0.2) is 21.6 Å². The van der Waals surface area contributed by atoms with Gasteiger partial charge in [-0.3, -0.25) is 9.36 Å². The number of carboxylic acids is 1. The molecule has 22 heavy (non-hydrogen) atoms. The van der Waals surface area contributed by atoms with E-state index in [2.05, 4.69) is 0 Å². The highest BCUT2D eigenvalue weighted by molar-refractivity contribution is 5.99. The second-order valence-corrected chi connectivity index (χ2v) is 5.06. The Balaban J connectivity index is 2.15. The fourth-order valence-corrected chi connectivity index (χ4v) is 2.62. The molecule has 0 unspecified atom stereocenters. The van der Waals surface area contributed by atoms with Gasteiger partial charge in [-0.2, -0.15) is 0 Å². The summed E-state index contributed by atoms with van der Waals surface area (Å²) < 4.78 is 1.63. The van der Waals surface area contributed by atoms with Gasteiger partial charge in [0.15, 0.2) is 0 Å². The summed E-state index contributed by atoms with van der Waals surface area (Å²) in [6.45, 7) is 1.83. The molecule has 3 rings (SSSR count). The van der Waals surface area contributed by atoms with Crippen molar-refractivity contribution < 1.29 is 14.7 Å². The van der Waals surface area contributed by atoms with Crippen molar-refractivity contribution in [1.82, 2.24) is 4.57 Å². The standard InChI is InChI=1S/C18H15NO3/c1-2-17(20)19-10-9-13-11-12(7-8-16(13)19)14-5-3-4-6-15(14)18(21)22/h3-11H,2H2,1H3,(H,21,22). The Morgan fingerprint density at radius 2 is 1.86 bits per heavy atom. The van der Waals surface area contributed by atoms with Gasteiger partial charge in [0.1, 0.15) is 0 Å². The van der Waals surface area contributed by atoms with Crippen LogP contribution in [0.1, 0.15) is 28.5 Å². The van der Waals surface area contributed by atoms with Crippen molar-refractivity contribution in [3.05, 3.63) is 60.3 Å². The molecule has 0 atom stereocenters. The minimum Gasteiger partial charge on any atom is -0.478 e. The number of fused-ring (bicyclic) bond motifs is 1. The van der Waals surface area contributed by atoms with Gasteiger partial charge in [-0.25, -0.2) is 4.79 Å². The number of hydrogen-bond acceptors (Lipinski definition) is 2. The van der Waals surface area contributed by atoms with Crippen LogP contribution >= 0.6 is 0 Å². The predicted molar refractivity (Wildman–Crippen MR) is 85.3 cm³/mol. The van der Waals surface area contributed by atoms with E-state index in [1.165, 1.54) is 0 Å². The molecule has 1 heterocycles. The first-order chi connectivity index (χ1) is 10.6. The Kier molecular flexibility index (Phi) is 3.51. The predicted octanol–water partition coefficient (Wildman–Crippen LogP) is 4.06. The summed E-state index contributed by atoms with van der Waals surface area (Å²) in [4.78, 5) is 23.2. The van der Waals surface area contributed by atoms with Crippen molar-refractivity contribution in [2.45, 2.75) is 13.3 Å². The quantitative estimate of drug-likeness (QED) is 0.792. The van der Waals surface area contributed by atoms with Gasteiger partial charge in [-0.1, -0.05) is 31.2 Å². The number of aromatic nitrogens is 1. The minimum absolute atomic E-state index is 0.0358. The van der Waals surface area contributed by atoms with Gasteiger partial charge in [0.05, 0.1) is 11.1 Å². The van der Waals surface area contributed by atoms with Crippen molar-refractivity contribution in [2.75, 3.05) is 0 Å². The Hall–Kier alpha value is -2.88. The van der Waals surface area contributed by atoms with E-state index in [0.717, 1.165) is 16.5 Å². The van der Waals surface area contributed by atoms with Crippen molar-refractivity contribution in [1.29, 1.82) is 0 Å². The van der Waals surface area contributed by atoms with E-state index in [-0.39, 0.29) is 11.5 Å². The van der Waals surface area contributed by atoms with Crippen LogP contribution in [0.2, 0.25) is 0 Å². The van der Waals surface area contributed by atoms with Gasteiger partial charge in [0.2, 0.25) is 5.91 Å². The van der Waals surface area contributed by atoms with Crippen LogP contribution in [0.3, 0.4) is 0 Å². The largest absolute Gasteiger partial charge is 0.478 e. The zero-order chi connectivity index (χ0) is 15.7. The molecule has 4 nitrogen and oxygen atoms in total. The summed E-state index contributed by atoms with van der Waals surface area (Å²) in [6, 6.07) is 14.4. The smallest absolute Gasteiger partial charge is 0.336 e. The Bertz CT molecular complexity index is 877. The monoisotopic (exact) mass is 293 g/mol. The van der Waals surface area contributed by atoms with E-state index < -0.39 is 5.97 Å². The SMILES string of the molecule is CCC(=O)n1ccc2cc(-c3ccccc3C(=O)O)ccc21. The second kappa shape index (κ2) is 5.48. The first-order valence-electron chi connectivity index (χ1n) is 7.09. The lowest BCUT2D eigenvalue weighted by Gasteiger charge is -2.07. The van der Waals surface area contributed by atoms with Gasteiger partial charge < -0.3 is 5.11 Å². The number of carbonyl (C=O) groups excluding carboxylic acids is 1.